The van der Waals surface area contributed by atoms with Crippen LogP contribution in [-0.2, 0) is 0 Å². The normalized spacial score (nSPS) is 9.95. The lowest BCUT2D eigenvalue weighted by Gasteiger charge is -2.07. The Labute approximate surface area is 110 Å². The van der Waals surface area contributed by atoms with Gasteiger partial charge in [-0.3, -0.25) is 4.79 Å². The van der Waals surface area contributed by atoms with Crippen molar-refractivity contribution in [1.82, 2.24) is 5.32 Å². The third kappa shape index (κ3) is 5.06. The summed E-state index contributed by atoms with van der Waals surface area (Å²) in [6, 6.07) is 5.00. The minimum Gasteiger partial charge on any atom is -0.395 e. The first kappa shape index (κ1) is 15.1. The molecule has 0 saturated heterocycles. The monoisotopic (exact) mass is 267 g/mol. The number of carbonyl (C=O) groups excluding carboxylic acids is 1. The highest BCUT2D eigenvalue weighted by molar-refractivity contribution is 5.96. The maximum atomic E-state index is 12.0. The van der Waals surface area contributed by atoms with E-state index in [0.29, 0.717) is 23.1 Å². The van der Waals surface area contributed by atoms with Gasteiger partial charge in [0.15, 0.2) is 0 Å². The van der Waals surface area contributed by atoms with Crippen LogP contribution in [0.5, 0.6) is 0 Å². The predicted octanol–water partition coefficient (Wildman–Crippen LogP) is 1.72. The molecule has 1 aromatic carbocycles. The Hall–Kier alpha value is -1.93. The topological polar surface area (TPSA) is 49.3 Å². The molecule has 0 saturated carbocycles. The summed E-state index contributed by atoms with van der Waals surface area (Å²) in [7, 11) is 0. The van der Waals surface area contributed by atoms with Crippen molar-refractivity contribution in [2.45, 2.75) is 19.8 Å². The molecule has 2 N–H and O–H groups in total. The van der Waals surface area contributed by atoms with Gasteiger partial charge in [0.1, 0.15) is 0 Å². The first-order valence-corrected chi connectivity index (χ1v) is 5.81. The van der Waals surface area contributed by atoms with Crippen molar-refractivity contribution in [2.75, 3.05) is 13.2 Å². The van der Waals surface area contributed by atoms with Gasteiger partial charge in [-0.25, -0.2) is 8.78 Å². The molecule has 0 aliphatic carbocycles. The molecule has 0 aliphatic rings. The number of benzene rings is 1. The van der Waals surface area contributed by atoms with Crippen molar-refractivity contribution in [1.29, 1.82) is 0 Å². The molecule has 0 bridgehead atoms. The molecule has 5 heteroatoms. The Bertz CT molecular complexity index is 504. The number of carbonyl (C=O) groups is 1. The number of aliphatic hydroxyl groups is 1. The first-order valence-electron chi connectivity index (χ1n) is 5.81. The highest BCUT2D eigenvalue weighted by atomic mass is 19.3. The van der Waals surface area contributed by atoms with E-state index in [1.165, 1.54) is 0 Å². The van der Waals surface area contributed by atoms with Gasteiger partial charge in [0.05, 0.1) is 13.2 Å². The molecule has 1 amide bonds. The molecular weight excluding hydrogens is 252 g/mol. The third-order valence-corrected chi connectivity index (χ3v) is 2.37. The Kier molecular flexibility index (Phi) is 5.97. The Morgan fingerprint density at radius 2 is 2.21 bits per heavy atom. The van der Waals surface area contributed by atoms with Gasteiger partial charge in [-0.2, -0.15) is 0 Å². The largest absolute Gasteiger partial charge is 0.395 e. The van der Waals surface area contributed by atoms with E-state index in [2.05, 4.69) is 17.2 Å². The fraction of sp³-hybridized carbons (Fsp3) is 0.357. The average Bonchev–Trinajstić information content (AvgIpc) is 2.38. The molecule has 1 aromatic rings. The van der Waals surface area contributed by atoms with E-state index < -0.39 is 18.9 Å². The Balaban J connectivity index is 2.85. The van der Waals surface area contributed by atoms with Crippen molar-refractivity contribution in [3.8, 4) is 11.8 Å². The quantitative estimate of drug-likeness (QED) is 0.816. The zero-order valence-electron chi connectivity index (χ0n) is 10.5. The summed E-state index contributed by atoms with van der Waals surface area (Å²) >= 11 is 0. The number of nitrogens with one attached hydrogen (secondary N) is 1. The van der Waals surface area contributed by atoms with E-state index >= 15 is 0 Å². The lowest BCUT2D eigenvalue weighted by atomic mass is 10.0. The molecule has 0 spiro atoms. The highest BCUT2D eigenvalue weighted by Crippen LogP contribution is 2.11. The zero-order valence-corrected chi connectivity index (χ0v) is 10.5. The van der Waals surface area contributed by atoms with Crippen LogP contribution in [0.1, 0.15) is 27.9 Å². The number of amides is 1. The minimum absolute atomic E-state index is 0.0272. The van der Waals surface area contributed by atoms with Crippen LogP contribution >= 0.6 is 0 Å². The van der Waals surface area contributed by atoms with E-state index in [-0.39, 0.29) is 6.61 Å². The molecule has 0 aromatic heterocycles. The fourth-order valence-corrected chi connectivity index (χ4v) is 1.43. The van der Waals surface area contributed by atoms with Crippen LogP contribution in [0.4, 0.5) is 8.78 Å². The zero-order chi connectivity index (χ0) is 14.3. The van der Waals surface area contributed by atoms with Gasteiger partial charge >= 0.3 is 0 Å². The second-order valence-electron chi connectivity index (χ2n) is 3.91. The van der Waals surface area contributed by atoms with Gasteiger partial charge < -0.3 is 10.4 Å². The first-order chi connectivity index (χ1) is 9.04. The summed E-state index contributed by atoms with van der Waals surface area (Å²) in [6.07, 6.45) is -2.22. The maximum Gasteiger partial charge on any atom is 0.255 e. The molecule has 0 heterocycles. The summed E-state index contributed by atoms with van der Waals surface area (Å²) in [5.41, 5.74) is 1.64. The molecule has 0 unspecified atom stereocenters. The predicted molar refractivity (Wildman–Crippen MR) is 68.1 cm³/mol. The van der Waals surface area contributed by atoms with E-state index in [9.17, 15) is 13.6 Å². The van der Waals surface area contributed by atoms with Crippen LogP contribution in [0.25, 0.3) is 0 Å². The summed E-state index contributed by atoms with van der Waals surface area (Å²) in [5.74, 6) is 4.99. The van der Waals surface area contributed by atoms with Crippen LogP contribution in [-0.4, -0.2) is 30.6 Å². The highest BCUT2D eigenvalue weighted by Gasteiger charge is 2.11. The van der Waals surface area contributed by atoms with E-state index in [4.69, 9.17) is 5.11 Å². The smallest absolute Gasteiger partial charge is 0.255 e. The SMILES string of the molecule is Cc1ccc(C#CCCO)cc1C(=O)NCC(F)F. The molecule has 0 aliphatic heterocycles. The molecule has 19 heavy (non-hydrogen) atoms. The molecule has 3 nitrogen and oxygen atoms in total. The summed E-state index contributed by atoms with van der Waals surface area (Å²) in [4.78, 5) is 11.7. The second kappa shape index (κ2) is 7.49. The van der Waals surface area contributed by atoms with Crippen LogP contribution in [0.15, 0.2) is 18.2 Å². The summed E-state index contributed by atoms with van der Waals surface area (Å²) < 4.78 is 24.1. The fourth-order valence-electron chi connectivity index (χ4n) is 1.43. The standard InChI is InChI=1S/C14H15F2NO2/c1-10-5-6-11(4-2-3-7-18)8-12(10)14(19)17-9-13(15)16/h5-6,8,13,18H,3,7,9H2,1H3,(H,17,19). The molecular formula is C14H15F2NO2. The van der Waals surface area contributed by atoms with Crippen molar-refractivity contribution in [3.05, 3.63) is 34.9 Å². The molecule has 102 valence electrons. The van der Waals surface area contributed by atoms with Gasteiger partial charge in [0, 0.05) is 17.5 Å². The lowest BCUT2D eigenvalue weighted by Crippen LogP contribution is -2.29. The summed E-state index contributed by atoms with van der Waals surface area (Å²) in [5, 5.41) is 10.8. The van der Waals surface area contributed by atoms with Gasteiger partial charge in [-0.15, -0.1) is 0 Å². The van der Waals surface area contributed by atoms with E-state index in [1.807, 2.05) is 0 Å². The van der Waals surface area contributed by atoms with E-state index in [1.54, 1.807) is 25.1 Å². The lowest BCUT2D eigenvalue weighted by molar-refractivity contribution is 0.0891. The van der Waals surface area contributed by atoms with Crippen molar-refractivity contribution >= 4 is 5.91 Å². The van der Waals surface area contributed by atoms with Crippen LogP contribution < -0.4 is 5.32 Å². The second-order valence-corrected chi connectivity index (χ2v) is 3.91. The van der Waals surface area contributed by atoms with Gasteiger partial charge in [0.2, 0.25) is 0 Å². The van der Waals surface area contributed by atoms with Gasteiger partial charge in [0.25, 0.3) is 12.3 Å². The number of aliphatic hydroxyl groups excluding tert-OH is 1. The average molecular weight is 267 g/mol. The molecule has 0 fully saturated rings. The van der Waals surface area contributed by atoms with Crippen molar-refractivity contribution < 1.29 is 18.7 Å². The van der Waals surface area contributed by atoms with Crippen molar-refractivity contribution in [3.63, 3.8) is 0 Å². The number of rotatable bonds is 4. The van der Waals surface area contributed by atoms with Crippen LogP contribution in [0.2, 0.25) is 0 Å². The molecule has 0 radical (unpaired) electrons. The maximum absolute atomic E-state index is 12.0. The number of halogens is 2. The van der Waals surface area contributed by atoms with Gasteiger partial charge in [-0.1, -0.05) is 17.9 Å². The minimum atomic E-state index is -2.57. The Morgan fingerprint density at radius 3 is 2.84 bits per heavy atom. The van der Waals surface area contributed by atoms with Crippen LogP contribution in [0.3, 0.4) is 0 Å². The number of hydrogen-bond acceptors (Lipinski definition) is 2. The van der Waals surface area contributed by atoms with Crippen molar-refractivity contribution in [2.24, 2.45) is 0 Å². The summed E-state index contributed by atoms with van der Waals surface area (Å²) in [6.45, 7) is 1.03. The van der Waals surface area contributed by atoms with Gasteiger partial charge in [-0.05, 0) is 24.6 Å². The number of alkyl halides is 2. The van der Waals surface area contributed by atoms with Crippen LogP contribution in [0, 0.1) is 18.8 Å². The molecule has 0 atom stereocenters. The number of hydrogen-bond donors (Lipinski definition) is 2. The molecule has 1 rings (SSSR count). The van der Waals surface area contributed by atoms with E-state index in [0.717, 1.165) is 0 Å². The Morgan fingerprint density at radius 1 is 1.47 bits per heavy atom. The third-order valence-electron chi connectivity index (χ3n) is 2.37. The number of aryl methyl sites for hydroxylation is 1.